The zero-order valence-electron chi connectivity index (χ0n) is 11.1. The van der Waals surface area contributed by atoms with Gasteiger partial charge in [-0.05, 0) is 36.8 Å². The lowest BCUT2D eigenvalue weighted by Crippen LogP contribution is -2.23. The minimum absolute atomic E-state index is 0.0467. The summed E-state index contributed by atoms with van der Waals surface area (Å²) in [5.41, 5.74) is 0.121. The smallest absolute Gasteiger partial charge is 0.240 e. The number of halogens is 2. The summed E-state index contributed by atoms with van der Waals surface area (Å²) in [5.74, 6) is -0.596. The second kappa shape index (κ2) is 6.41. The van der Waals surface area contributed by atoms with Crippen molar-refractivity contribution in [2.24, 2.45) is 0 Å². The number of benzene rings is 1. The van der Waals surface area contributed by atoms with Crippen LogP contribution >= 0.6 is 22.9 Å². The van der Waals surface area contributed by atoms with Gasteiger partial charge in [-0.1, -0.05) is 11.6 Å². The fourth-order valence-electron chi connectivity index (χ4n) is 1.77. The van der Waals surface area contributed by atoms with E-state index in [1.54, 1.807) is 12.1 Å². The molecule has 0 bridgehead atoms. The highest BCUT2D eigenvalue weighted by Gasteiger charge is 2.18. The van der Waals surface area contributed by atoms with Crippen LogP contribution in [0.5, 0.6) is 0 Å². The Morgan fingerprint density at radius 3 is 2.67 bits per heavy atom. The maximum atomic E-state index is 13.6. The van der Waals surface area contributed by atoms with Gasteiger partial charge >= 0.3 is 0 Å². The van der Waals surface area contributed by atoms with Crippen LogP contribution in [0.4, 0.5) is 4.39 Å². The summed E-state index contributed by atoms with van der Waals surface area (Å²) in [6.07, 6.45) is 0. The predicted octanol–water partition coefficient (Wildman–Crippen LogP) is 2.82. The molecule has 1 heterocycles. The molecule has 0 saturated carbocycles. The highest BCUT2D eigenvalue weighted by atomic mass is 35.5. The Morgan fingerprint density at radius 1 is 1.38 bits per heavy atom. The molecular weight excluding hydrogens is 337 g/mol. The van der Waals surface area contributed by atoms with Gasteiger partial charge in [-0.15, -0.1) is 11.3 Å². The van der Waals surface area contributed by atoms with E-state index in [4.69, 9.17) is 16.7 Å². The van der Waals surface area contributed by atoms with Crippen LogP contribution in [0.1, 0.15) is 16.0 Å². The van der Waals surface area contributed by atoms with Crippen molar-refractivity contribution >= 4 is 33.0 Å². The first-order valence-electron chi connectivity index (χ1n) is 5.97. The molecule has 0 aliphatic heterocycles. The van der Waals surface area contributed by atoms with E-state index in [9.17, 15) is 12.8 Å². The molecule has 1 aromatic carbocycles. The Labute approximate surface area is 131 Å². The van der Waals surface area contributed by atoms with Crippen LogP contribution in [0.2, 0.25) is 4.34 Å². The quantitative estimate of drug-likeness (QED) is 0.872. The number of rotatable bonds is 5. The van der Waals surface area contributed by atoms with E-state index in [-0.39, 0.29) is 22.6 Å². The van der Waals surface area contributed by atoms with Gasteiger partial charge in [-0.25, -0.2) is 17.5 Å². The third kappa shape index (κ3) is 3.81. The number of nitrogens with one attached hydrogen (secondary N) is 1. The third-order valence-corrected chi connectivity index (χ3v) is 5.46. The monoisotopic (exact) mass is 349 g/mol. The predicted molar refractivity (Wildman–Crippen MR) is 80.4 cm³/mol. The highest BCUT2D eigenvalue weighted by Crippen LogP contribution is 2.23. The Balaban J connectivity index is 2.25. The van der Waals surface area contributed by atoms with Crippen molar-refractivity contribution < 1.29 is 17.9 Å². The molecule has 2 aromatic rings. The van der Waals surface area contributed by atoms with Gasteiger partial charge in [0.15, 0.2) is 0 Å². The third-order valence-electron chi connectivity index (χ3n) is 2.85. The van der Waals surface area contributed by atoms with Crippen molar-refractivity contribution in [3.63, 3.8) is 0 Å². The molecule has 8 heteroatoms. The molecule has 0 saturated heterocycles. The SMILES string of the molecule is Cc1cc(S(=O)(=O)NCc2ccc(Cl)s2)cc(CO)c1F. The number of hydrogen-bond acceptors (Lipinski definition) is 4. The summed E-state index contributed by atoms with van der Waals surface area (Å²) < 4.78 is 41.0. The molecule has 0 fully saturated rings. The molecule has 0 radical (unpaired) electrons. The molecule has 2 N–H and O–H groups in total. The van der Waals surface area contributed by atoms with E-state index >= 15 is 0 Å². The maximum absolute atomic E-state index is 13.6. The lowest BCUT2D eigenvalue weighted by molar-refractivity contribution is 0.275. The van der Waals surface area contributed by atoms with Crippen molar-refractivity contribution in [1.29, 1.82) is 0 Å². The van der Waals surface area contributed by atoms with Gasteiger partial charge in [-0.3, -0.25) is 0 Å². The topological polar surface area (TPSA) is 66.4 Å². The van der Waals surface area contributed by atoms with E-state index in [2.05, 4.69) is 4.72 Å². The first-order valence-corrected chi connectivity index (χ1v) is 8.65. The summed E-state index contributed by atoms with van der Waals surface area (Å²) in [5, 5.41) is 9.08. The first kappa shape index (κ1) is 16.4. The average Bonchev–Trinajstić information content (AvgIpc) is 2.85. The fourth-order valence-corrected chi connectivity index (χ4v) is 4.03. The molecule has 4 nitrogen and oxygen atoms in total. The lowest BCUT2D eigenvalue weighted by atomic mass is 10.1. The second-order valence-corrected chi connectivity index (χ2v) is 7.97. The van der Waals surface area contributed by atoms with Crippen LogP contribution in [0.15, 0.2) is 29.2 Å². The first-order chi connectivity index (χ1) is 9.83. The lowest BCUT2D eigenvalue weighted by Gasteiger charge is -2.10. The Kier molecular flexibility index (Phi) is 5.00. The van der Waals surface area contributed by atoms with Gasteiger partial charge in [0, 0.05) is 17.0 Å². The van der Waals surface area contributed by atoms with Gasteiger partial charge in [0.25, 0.3) is 0 Å². The number of hydrogen-bond donors (Lipinski definition) is 2. The number of aliphatic hydroxyl groups excluding tert-OH is 1. The normalized spacial score (nSPS) is 11.8. The summed E-state index contributed by atoms with van der Waals surface area (Å²) >= 11 is 7.05. The minimum atomic E-state index is -3.79. The van der Waals surface area contributed by atoms with Crippen molar-refractivity contribution in [3.8, 4) is 0 Å². The maximum Gasteiger partial charge on any atom is 0.240 e. The van der Waals surface area contributed by atoms with Crippen LogP contribution in [0.25, 0.3) is 0 Å². The van der Waals surface area contributed by atoms with E-state index < -0.39 is 22.4 Å². The zero-order valence-corrected chi connectivity index (χ0v) is 13.4. The Bertz CT molecular complexity index is 759. The molecule has 0 aliphatic carbocycles. The van der Waals surface area contributed by atoms with Gasteiger partial charge in [0.05, 0.1) is 15.8 Å². The number of aryl methyl sites for hydroxylation is 1. The molecule has 21 heavy (non-hydrogen) atoms. The van der Waals surface area contributed by atoms with Gasteiger partial charge in [-0.2, -0.15) is 0 Å². The average molecular weight is 350 g/mol. The van der Waals surface area contributed by atoms with E-state index in [1.165, 1.54) is 24.3 Å². The molecular formula is C13H13ClFNO3S2. The molecule has 114 valence electrons. The van der Waals surface area contributed by atoms with Crippen molar-refractivity contribution in [2.45, 2.75) is 25.0 Å². The van der Waals surface area contributed by atoms with Crippen LogP contribution in [-0.2, 0) is 23.2 Å². The van der Waals surface area contributed by atoms with E-state index in [1.807, 2.05) is 0 Å². The summed E-state index contributed by atoms with van der Waals surface area (Å²) in [7, 11) is -3.79. The fraction of sp³-hybridized carbons (Fsp3) is 0.231. The van der Waals surface area contributed by atoms with Crippen molar-refractivity contribution in [1.82, 2.24) is 4.72 Å². The second-order valence-electron chi connectivity index (χ2n) is 4.40. The zero-order chi connectivity index (χ0) is 15.6. The van der Waals surface area contributed by atoms with E-state index in [0.717, 1.165) is 10.9 Å². The summed E-state index contributed by atoms with van der Waals surface area (Å²) in [6, 6.07) is 5.77. The largest absolute Gasteiger partial charge is 0.392 e. The van der Waals surface area contributed by atoms with Gasteiger partial charge in [0.2, 0.25) is 10.0 Å². The highest BCUT2D eigenvalue weighted by molar-refractivity contribution is 7.89. The molecule has 0 unspecified atom stereocenters. The Hall–Kier alpha value is -0.990. The number of sulfonamides is 1. The van der Waals surface area contributed by atoms with Crippen LogP contribution in [-0.4, -0.2) is 13.5 Å². The Morgan fingerprint density at radius 2 is 2.10 bits per heavy atom. The standard InChI is InChI=1S/C13H13ClFNO3S2/c1-8-4-11(5-9(7-17)13(8)15)21(18,19)16-6-10-2-3-12(14)20-10/h2-5,16-17H,6-7H2,1H3. The van der Waals surface area contributed by atoms with Gasteiger partial charge in [0.1, 0.15) is 5.82 Å². The molecule has 2 rings (SSSR count). The van der Waals surface area contributed by atoms with Crippen LogP contribution < -0.4 is 4.72 Å². The van der Waals surface area contributed by atoms with Crippen LogP contribution in [0.3, 0.4) is 0 Å². The van der Waals surface area contributed by atoms with Gasteiger partial charge < -0.3 is 5.11 Å². The molecule has 0 spiro atoms. The van der Waals surface area contributed by atoms with Crippen molar-refractivity contribution in [2.75, 3.05) is 0 Å². The summed E-state index contributed by atoms with van der Waals surface area (Å²) in [4.78, 5) is 0.692. The molecule has 0 aliphatic rings. The van der Waals surface area contributed by atoms with E-state index in [0.29, 0.717) is 4.34 Å². The number of thiophene rings is 1. The molecule has 0 atom stereocenters. The summed E-state index contributed by atoms with van der Waals surface area (Å²) in [6.45, 7) is 0.994. The minimum Gasteiger partial charge on any atom is -0.392 e. The van der Waals surface area contributed by atoms with Crippen molar-refractivity contribution in [3.05, 3.63) is 50.4 Å². The molecule has 0 amide bonds. The van der Waals surface area contributed by atoms with Crippen LogP contribution in [0, 0.1) is 12.7 Å². The number of aliphatic hydroxyl groups is 1. The molecule has 1 aromatic heterocycles.